The molecule has 0 bridgehead atoms. The average Bonchev–Trinajstić information content (AvgIpc) is 3.20. The summed E-state index contributed by atoms with van der Waals surface area (Å²) in [5.74, 6) is 2.65. The number of halogens is 1. The lowest BCUT2D eigenvalue weighted by Crippen LogP contribution is -2.10. The summed E-state index contributed by atoms with van der Waals surface area (Å²) in [6.45, 7) is 3.99. The standard InChI is InChI=1S/C27H21FN2O3S/c1-5-16-9-10-19-23(11-16)29-27-25(19)26(31)22-13-20(15(2)3)21(14-24(22)30(27)4)17-7-6-8-18(12-17)34(28,32)33/h1,6-15,29H,2-4H3. The van der Waals surface area contributed by atoms with Crippen LogP contribution in [0.5, 0.6) is 0 Å². The smallest absolute Gasteiger partial charge is 0.332 e. The van der Waals surface area contributed by atoms with E-state index < -0.39 is 15.1 Å². The lowest BCUT2D eigenvalue weighted by Gasteiger charge is -2.17. The van der Waals surface area contributed by atoms with Gasteiger partial charge in [-0.05, 0) is 59.0 Å². The van der Waals surface area contributed by atoms with E-state index in [1.165, 1.54) is 18.2 Å². The topological polar surface area (TPSA) is 71.9 Å². The van der Waals surface area contributed by atoms with Crippen LogP contribution in [0.2, 0.25) is 0 Å². The highest BCUT2D eigenvalue weighted by Gasteiger charge is 2.20. The maximum atomic E-state index is 13.7. The normalized spacial score (nSPS) is 12.1. The first kappa shape index (κ1) is 21.9. The van der Waals surface area contributed by atoms with Crippen molar-refractivity contribution in [2.24, 2.45) is 7.05 Å². The molecule has 0 aliphatic rings. The van der Waals surface area contributed by atoms with E-state index >= 15 is 0 Å². The van der Waals surface area contributed by atoms with Gasteiger partial charge >= 0.3 is 10.2 Å². The van der Waals surface area contributed by atoms with E-state index in [9.17, 15) is 17.1 Å². The van der Waals surface area contributed by atoms with Crippen molar-refractivity contribution in [1.29, 1.82) is 0 Å². The van der Waals surface area contributed by atoms with Gasteiger partial charge in [0.05, 0.1) is 15.8 Å². The quantitative estimate of drug-likeness (QED) is 0.274. The second-order valence-corrected chi connectivity index (χ2v) is 10.1. The summed E-state index contributed by atoms with van der Waals surface area (Å²) in [7, 11) is -2.98. The molecule has 170 valence electrons. The third-order valence-corrected chi connectivity index (χ3v) is 7.15. The fourth-order valence-corrected chi connectivity index (χ4v) is 5.13. The molecule has 0 saturated carbocycles. The number of hydrogen-bond acceptors (Lipinski definition) is 3. The third kappa shape index (κ3) is 3.30. The number of terminal acetylenes is 1. The monoisotopic (exact) mass is 472 g/mol. The number of H-pyrrole nitrogens is 1. The fourth-order valence-electron chi connectivity index (χ4n) is 4.62. The van der Waals surface area contributed by atoms with Crippen molar-refractivity contribution in [1.82, 2.24) is 9.55 Å². The number of benzene rings is 3. The van der Waals surface area contributed by atoms with Crippen molar-refractivity contribution in [3.63, 3.8) is 0 Å². The Morgan fingerprint density at radius 2 is 1.82 bits per heavy atom. The van der Waals surface area contributed by atoms with E-state index in [2.05, 4.69) is 10.9 Å². The van der Waals surface area contributed by atoms with Crippen molar-refractivity contribution >= 4 is 43.1 Å². The molecule has 34 heavy (non-hydrogen) atoms. The summed E-state index contributed by atoms with van der Waals surface area (Å²) < 4.78 is 38.6. The first-order valence-corrected chi connectivity index (χ1v) is 12.1. The number of fused-ring (bicyclic) bond motifs is 4. The van der Waals surface area contributed by atoms with Crippen LogP contribution >= 0.6 is 0 Å². The summed E-state index contributed by atoms with van der Waals surface area (Å²) in [5, 5.41) is 1.94. The van der Waals surface area contributed by atoms with E-state index in [0.717, 1.165) is 22.0 Å². The van der Waals surface area contributed by atoms with Gasteiger partial charge in [-0.15, -0.1) is 10.3 Å². The maximum Gasteiger partial charge on any atom is 0.332 e. The Hall–Kier alpha value is -3.89. The second-order valence-electron chi connectivity index (χ2n) is 8.72. The molecule has 0 unspecified atom stereocenters. The van der Waals surface area contributed by atoms with Crippen LogP contribution in [0, 0.1) is 12.3 Å². The number of aryl methyl sites for hydroxylation is 1. The molecule has 5 aromatic rings. The molecule has 0 radical (unpaired) electrons. The SMILES string of the molecule is C#Cc1ccc2c(c1)[nH]c1c2c(=O)c2cc(C(C)C)c(-c3cccc(S(=O)(=O)F)c3)cc2n1C. The molecule has 0 fully saturated rings. The van der Waals surface area contributed by atoms with Gasteiger partial charge in [0.1, 0.15) is 5.65 Å². The molecule has 5 nitrogen and oxygen atoms in total. The zero-order valence-electron chi connectivity index (χ0n) is 18.8. The van der Waals surface area contributed by atoms with E-state index in [1.54, 1.807) is 6.07 Å². The summed E-state index contributed by atoms with van der Waals surface area (Å²) in [6.07, 6.45) is 5.54. The summed E-state index contributed by atoms with van der Waals surface area (Å²) >= 11 is 0. The summed E-state index contributed by atoms with van der Waals surface area (Å²) in [6, 6.07) is 15.0. The van der Waals surface area contributed by atoms with Gasteiger partial charge in [0, 0.05) is 28.9 Å². The highest BCUT2D eigenvalue weighted by molar-refractivity contribution is 7.86. The lowest BCUT2D eigenvalue weighted by molar-refractivity contribution is 0.552. The molecular formula is C27H21FN2O3S. The summed E-state index contributed by atoms with van der Waals surface area (Å²) in [4.78, 5) is 16.6. The maximum absolute atomic E-state index is 13.7. The fraction of sp³-hybridized carbons (Fsp3) is 0.148. The molecule has 0 amide bonds. The Morgan fingerprint density at radius 3 is 2.50 bits per heavy atom. The molecule has 0 aliphatic carbocycles. The number of aromatic nitrogens is 2. The van der Waals surface area contributed by atoms with Gasteiger partial charge in [0.15, 0.2) is 5.43 Å². The number of nitrogens with zero attached hydrogens (tertiary/aromatic N) is 1. The molecule has 0 atom stereocenters. The van der Waals surface area contributed by atoms with Crippen molar-refractivity contribution < 1.29 is 12.3 Å². The molecule has 1 N–H and O–H groups in total. The van der Waals surface area contributed by atoms with Crippen molar-refractivity contribution in [2.45, 2.75) is 24.7 Å². The Kier molecular flexibility index (Phi) is 4.88. The van der Waals surface area contributed by atoms with Gasteiger partial charge in [-0.2, -0.15) is 8.42 Å². The highest BCUT2D eigenvalue weighted by atomic mass is 32.3. The van der Waals surface area contributed by atoms with E-state index in [1.807, 2.05) is 55.8 Å². The summed E-state index contributed by atoms with van der Waals surface area (Å²) in [5.41, 5.74) is 4.90. The van der Waals surface area contributed by atoms with Crippen LogP contribution in [0.15, 0.2) is 64.3 Å². The molecule has 0 spiro atoms. The van der Waals surface area contributed by atoms with Gasteiger partial charge in [0.2, 0.25) is 0 Å². The van der Waals surface area contributed by atoms with Crippen LogP contribution < -0.4 is 5.43 Å². The number of nitrogens with one attached hydrogen (secondary N) is 1. The average molecular weight is 473 g/mol. The van der Waals surface area contributed by atoms with Crippen LogP contribution in [-0.2, 0) is 17.3 Å². The number of rotatable bonds is 3. The Morgan fingerprint density at radius 1 is 1.06 bits per heavy atom. The predicted octanol–water partition coefficient (Wildman–Crippen LogP) is 5.60. The van der Waals surface area contributed by atoms with E-state index in [-0.39, 0.29) is 11.3 Å². The minimum absolute atomic E-state index is 0.0339. The van der Waals surface area contributed by atoms with E-state index in [4.69, 9.17) is 6.42 Å². The highest BCUT2D eigenvalue weighted by Crippen LogP contribution is 2.35. The number of hydrogen-bond donors (Lipinski definition) is 1. The van der Waals surface area contributed by atoms with Crippen molar-refractivity contribution in [2.75, 3.05) is 0 Å². The largest absolute Gasteiger partial charge is 0.340 e. The van der Waals surface area contributed by atoms with Crippen molar-refractivity contribution in [3.05, 3.63) is 75.9 Å². The van der Waals surface area contributed by atoms with Crippen LogP contribution in [0.3, 0.4) is 0 Å². The molecule has 0 aliphatic heterocycles. The molecule has 2 aromatic heterocycles. The molecule has 3 aromatic carbocycles. The second kappa shape index (κ2) is 7.57. The van der Waals surface area contributed by atoms with Gasteiger partial charge in [-0.25, -0.2) is 0 Å². The van der Waals surface area contributed by atoms with Crippen LogP contribution in [0.25, 0.3) is 44.0 Å². The van der Waals surface area contributed by atoms with Gasteiger partial charge in [-0.3, -0.25) is 4.79 Å². The predicted molar refractivity (Wildman–Crippen MR) is 134 cm³/mol. The molecular weight excluding hydrogens is 451 g/mol. The lowest BCUT2D eigenvalue weighted by atomic mass is 9.90. The van der Waals surface area contributed by atoms with Crippen molar-refractivity contribution in [3.8, 4) is 23.5 Å². The van der Waals surface area contributed by atoms with Crippen LogP contribution in [0.1, 0.15) is 30.9 Å². The zero-order chi connectivity index (χ0) is 24.4. The Bertz CT molecular complexity index is 1860. The first-order chi connectivity index (χ1) is 16.1. The molecule has 7 heteroatoms. The van der Waals surface area contributed by atoms with Gasteiger partial charge in [0.25, 0.3) is 0 Å². The minimum Gasteiger partial charge on any atom is -0.340 e. The first-order valence-electron chi connectivity index (χ1n) is 10.7. The minimum atomic E-state index is -4.85. The molecule has 5 rings (SSSR count). The van der Waals surface area contributed by atoms with E-state index in [0.29, 0.717) is 33.1 Å². The third-order valence-electron chi connectivity index (χ3n) is 6.33. The Labute approximate surface area is 196 Å². The number of pyridine rings is 1. The molecule has 0 saturated heterocycles. The van der Waals surface area contributed by atoms with Gasteiger partial charge in [-0.1, -0.05) is 38.0 Å². The van der Waals surface area contributed by atoms with Crippen LogP contribution in [0.4, 0.5) is 3.89 Å². The van der Waals surface area contributed by atoms with Crippen LogP contribution in [-0.4, -0.2) is 18.0 Å². The van der Waals surface area contributed by atoms with Gasteiger partial charge < -0.3 is 9.55 Å². The zero-order valence-corrected chi connectivity index (χ0v) is 19.6. The Balaban J connectivity index is 1.90. The number of aromatic amines is 1. The molecule has 2 heterocycles.